The highest BCUT2D eigenvalue weighted by molar-refractivity contribution is 5.70. The third kappa shape index (κ3) is 27.6. The summed E-state index contributed by atoms with van der Waals surface area (Å²) in [6.45, 7) is 2.46. The molecule has 0 radical (unpaired) electrons. The van der Waals surface area contributed by atoms with Crippen molar-refractivity contribution in [3.63, 3.8) is 0 Å². The lowest BCUT2D eigenvalue weighted by molar-refractivity contribution is -0.332. The maximum atomic E-state index is 12.9. The number of ether oxygens (including phenoxy) is 6. The second kappa shape index (κ2) is 39.9. The average molecular weight is 967 g/mol. The first kappa shape index (κ1) is 61.3. The summed E-state index contributed by atoms with van der Waals surface area (Å²) in [6, 6.07) is 0. The lowest BCUT2D eigenvalue weighted by Crippen LogP contribution is -2.61. The SMILES string of the molecule is CCCC/C=C/CCCCCCCC(=O)O[C@@H](COC(=O)CCC/C=C/C/C=C/C/C=C/C/C=C/CCCCCCCCC)CO[C@@H]1O[C@H](CO[C@@H]2O[C@H](CO)[C@H](O)C(O)C2O)[C@H](O)C(O)C1O. The molecule has 0 aromatic heterocycles. The van der Waals surface area contributed by atoms with Gasteiger partial charge in [0.15, 0.2) is 18.7 Å². The maximum Gasteiger partial charge on any atom is 0.306 e. The van der Waals surface area contributed by atoms with Crippen molar-refractivity contribution < 1.29 is 73.8 Å². The zero-order valence-electron chi connectivity index (χ0n) is 41.3. The molecule has 0 amide bonds. The largest absolute Gasteiger partial charge is 0.462 e. The molecule has 68 heavy (non-hydrogen) atoms. The lowest BCUT2D eigenvalue weighted by Gasteiger charge is -2.42. The first-order valence-corrected chi connectivity index (χ1v) is 25.9. The van der Waals surface area contributed by atoms with Crippen LogP contribution in [0.3, 0.4) is 0 Å². The molecule has 2 heterocycles. The van der Waals surface area contributed by atoms with Gasteiger partial charge in [0.1, 0.15) is 55.4 Å². The van der Waals surface area contributed by atoms with Crippen molar-refractivity contribution >= 4 is 11.9 Å². The number of hydrogen-bond acceptors (Lipinski definition) is 15. The molecule has 2 aliphatic heterocycles. The van der Waals surface area contributed by atoms with Gasteiger partial charge in [-0.05, 0) is 70.6 Å². The van der Waals surface area contributed by atoms with Crippen molar-refractivity contribution in [2.24, 2.45) is 0 Å². The Morgan fingerprint density at radius 2 is 0.912 bits per heavy atom. The van der Waals surface area contributed by atoms with Crippen LogP contribution in [0, 0.1) is 0 Å². The summed E-state index contributed by atoms with van der Waals surface area (Å²) in [6.07, 6.45) is 28.4. The number of esters is 2. The van der Waals surface area contributed by atoms with E-state index in [4.69, 9.17) is 28.4 Å². The molecule has 2 saturated heterocycles. The van der Waals surface area contributed by atoms with Gasteiger partial charge in [-0.15, -0.1) is 0 Å². The molecule has 15 nitrogen and oxygen atoms in total. The Morgan fingerprint density at radius 1 is 0.471 bits per heavy atom. The van der Waals surface area contributed by atoms with Crippen molar-refractivity contribution in [2.45, 2.75) is 235 Å². The van der Waals surface area contributed by atoms with Crippen molar-refractivity contribution in [3.05, 3.63) is 60.8 Å². The Balaban J connectivity index is 1.81. The Morgan fingerprint density at radius 3 is 1.49 bits per heavy atom. The van der Waals surface area contributed by atoms with Crippen LogP contribution in [0.1, 0.15) is 168 Å². The molecule has 4 unspecified atom stereocenters. The van der Waals surface area contributed by atoms with Gasteiger partial charge in [0.25, 0.3) is 0 Å². The van der Waals surface area contributed by atoms with E-state index < -0.39 is 99.3 Å². The third-order valence-corrected chi connectivity index (χ3v) is 12.0. The van der Waals surface area contributed by atoms with Crippen LogP contribution in [0.4, 0.5) is 0 Å². The molecule has 0 spiro atoms. The van der Waals surface area contributed by atoms with Gasteiger partial charge in [0.05, 0.1) is 19.8 Å². The van der Waals surface area contributed by atoms with E-state index in [0.29, 0.717) is 19.3 Å². The van der Waals surface area contributed by atoms with Gasteiger partial charge < -0.3 is 64.2 Å². The Kier molecular flexibility index (Phi) is 36.0. The van der Waals surface area contributed by atoms with Crippen LogP contribution in [0.25, 0.3) is 0 Å². The zero-order valence-corrected chi connectivity index (χ0v) is 41.3. The predicted molar refractivity (Wildman–Crippen MR) is 261 cm³/mol. The fraction of sp³-hybridized carbons (Fsp3) is 0.774. The summed E-state index contributed by atoms with van der Waals surface area (Å²) in [5.41, 5.74) is 0. The van der Waals surface area contributed by atoms with Gasteiger partial charge >= 0.3 is 11.9 Å². The van der Waals surface area contributed by atoms with E-state index in [-0.39, 0.29) is 19.4 Å². The van der Waals surface area contributed by atoms with Crippen LogP contribution in [-0.4, -0.2) is 142 Å². The Bertz CT molecular complexity index is 1420. The summed E-state index contributed by atoms with van der Waals surface area (Å²) in [5, 5.41) is 72.0. The van der Waals surface area contributed by atoms with E-state index in [9.17, 15) is 45.3 Å². The number of aliphatic hydroxyl groups excluding tert-OH is 7. The predicted octanol–water partition coefficient (Wildman–Crippen LogP) is 7.27. The molecule has 0 saturated carbocycles. The first-order valence-electron chi connectivity index (χ1n) is 25.9. The van der Waals surface area contributed by atoms with E-state index in [0.717, 1.165) is 64.2 Å². The molecule has 0 aliphatic carbocycles. The highest BCUT2D eigenvalue weighted by atomic mass is 16.7. The molecule has 0 aromatic rings. The third-order valence-electron chi connectivity index (χ3n) is 12.0. The summed E-state index contributed by atoms with van der Waals surface area (Å²) < 4.78 is 33.5. The number of unbranched alkanes of at least 4 members (excludes halogenated alkanes) is 15. The van der Waals surface area contributed by atoms with Gasteiger partial charge in [-0.25, -0.2) is 0 Å². The quantitative estimate of drug-likeness (QED) is 0.0183. The van der Waals surface area contributed by atoms with Gasteiger partial charge in [0.2, 0.25) is 0 Å². The molecule has 392 valence electrons. The van der Waals surface area contributed by atoms with Gasteiger partial charge in [0, 0.05) is 12.8 Å². The summed E-state index contributed by atoms with van der Waals surface area (Å²) in [7, 11) is 0. The molecule has 2 aliphatic rings. The van der Waals surface area contributed by atoms with E-state index in [1.165, 1.54) is 57.8 Å². The molecule has 0 aromatic carbocycles. The van der Waals surface area contributed by atoms with Crippen LogP contribution in [-0.2, 0) is 38.0 Å². The molecule has 2 rings (SSSR count). The van der Waals surface area contributed by atoms with Gasteiger partial charge in [-0.2, -0.15) is 0 Å². The summed E-state index contributed by atoms with van der Waals surface area (Å²) in [5.74, 6) is -1.01. The van der Waals surface area contributed by atoms with Crippen molar-refractivity contribution in [2.75, 3.05) is 26.4 Å². The van der Waals surface area contributed by atoms with Crippen molar-refractivity contribution in [1.29, 1.82) is 0 Å². The second-order valence-electron chi connectivity index (χ2n) is 18.0. The van der Waals surface area contributed by atoms with Crippen LogP contribution in [0.15, 0.2) is 60.8 Å². The number of aliphatic hydroxyl groups is 7. The van der Waals surface area contributed by atoms with Gasteiger partial charge in [-0.3, -0.25) is 9.59 Å². The molecule has 7 N–H and O–H groups in total. The number of rotatable bonds is 39. The lowest BCUT2D eigenvalue weighted by atomic mass is 9.98. The molecular formula is C53H90O15. The van der Waals surface area contributed by atoms with Crippen molar-refractivity contribution in [3.8, 4) is 0 Å². The maximum absolute atomic E-state index is 12.9. The zero-order chi connectivity index (χ0) is 49.6. The Labute approximate surface area is 407 Å². The van der Waals surface area contributed by atoms with Crippen LogP contribution >= 0.6 is 0 Å². The number of hydrogen-bond donors (Lipinski definition) is 7. The standard InChI is InChI=1S/C53H90O15/c1-3-5-7-9-11-13-15-16-17-18-19-20-21-22-23-24-26-27-29-31-33-35-44(55)63-38-41(66-45(56)36-34-32-30-28-25-14-12-10-8-6-4-2)39-64-52-51(62)49(60)47(58)43(68-52)40-65-53-50(61)48(59)46(57)42(37-54)67-53/h10,12,17-18,20-21,23-24,27,29,41-43,46-54,57-62H,3-9,11,13-16,19,22,25-26,28,30-40H2,1-2H3/b12-10+,18-17+,21-20+,24-23+,29-27+/t41-,42+,43+,46-,47-,48?,49?,50?,51?,52+,53+/m0/s1. The number of allylic oxidation sites excluding steroid dienone is 10. The van der Waals surface area contributed by atoms with E-state index in [1.807, 2.05) is 6.08 Å². The Hall–Kier alpha value is -2.80. The number of carbonyl (C=O) groups excluding carboxylic acids is 2. The average Bonchev–Trinajstić information content (AvgIpc) is 3.33. The fourth-order valence-corrected chi connectivity index (χ4v) is 7.66. The fourth-order valence-electron chi connectivity index (χ4n) is 7.66. The first-order chi connectivity index (χ1) is 33.0. The highest BCUT2D eigenvalue weighted by Crippen LogP contribution is 2.26. The molecular weight excluding hydrogens is 877 g/mol. The summed E-state index contributed by atoms with van der Waals surface area (Å²) >= 11 is 0. The topological polar surface area (TPSA) is 231 Å². The smallest absolute Gasteiger partial charge is 0.306 e. The minimum Gasteiger partial charge on any atom is -0.462 e. The van der Waals surface area contributed by atoms with Gasteiger partial charge in [-0.1, -0.05) is 145 Å². The van der Waals surface area contributed by atoms with E-state index in [1.54, 1.807) is 0 Å². The monoisotopic (exact) mass is 967 g/mol. The van der Waals surface area contributed by atoms with Crippen molar-refractivity contribution in [1.82, 2.24) is 0 Å². The van der Waals surface area contributed by atoms with Crippen LogP contribution < -0.4 is 0 Å². The normalized spacial score (nSPS) is 26.2. The molecule has 0 bridgehead atoms. The summed E-state index contributed by atoms with van der Waals surface area (Å²) in [4.78, 5) is 25.7. The highest BCUT2D eigenvalue weighted by Gasteiger charge is 2.47. The molecule has 11 atom stereocenters. The minimum absolute atomic E-state index is 0.138. The second-order valence-corrected chi connectivity index (χ2v) is 18.0. The van der Waals surface area contributed by atoms with E-state index in [2.05, 4.69) is 68.5 Å². The minimum atomic E-state index is -1.78. The number of carbonyl (C=O) groups is 2. The van der Waals surface area contributed by atoms with E-state index >= 15 is 0 Å². The van der Waals surface area contributed by atoms with Crippen LogP contribution in [0.2, 0.25) is 0 Å². The molecule has 15 heteroatoms. The van der Waals surface area contributed by atoms with Crippen LogP contribution in [0.5, 0.6) is 0 Å². The molecule has 2 fully saturated rings.